The number of nitrogens with two attached hydrogens (primary N) is 1. The van der Waals surface area contributed by atoms with E-state index in [2.05, 4.69) is 15.6 Å². The fourth-order valence-corrected chi connectivity index (χ4v) is 2.82. The zero-order valence-electron chi connectivity index (χ0n) is 12.6. The summed E-state index contributed by atoms with van der Waals surface area (Å²) in [5, 5.41) is 6.16. The van der Waals surface area contributed by atoms with Gasteiger partial charge in [0.15, 0.2) is 0 Å². The number of rotatable bonds is 7. The minimum absolute atomic E-state index is 0.165. The molecular weight excluding hydrogens is 264 g/mol. The second-order valence-corrected chi connectivity index (χ2v) is 5.79. The monoisotopic (exact) mass is 290 g/mol. The van der Waals surface area contributed by atoms with Crippen LogP contribution in [0, 0.1) is 5.92 Å². The van der Waals surface area contributed by atoms with E-state index in [-0.39, 0.29) is 5.91 Å². The van der Waals surface area contributed by atoms with Gasteiger partial charge in [-0.25, -0.2) is 4.98 Å². The van der Waals surface area contributed by atoms with Crippen LogP contribution in [0.2, 0.25) is 0 Å². The molecule has 0 spiro atoms. The van der Waals surface area contributed by atoms with Crippen molar-refractivity contribution >= 4 is 17.4 Å². The molecule has 4 N–H and O–H groups in total. The van der Waals surface area contributed by atoms with Crippen molar-refractivity contribution in [2.45, 2.75) is 44.9 Å². The molecule has 21 heavy (non-hydrogen) atoms. The van der Waals surface area contributed by atoms with Crippen LogP contribution in [0.25, 0.3) is 0 Å². The molecule has 0 unspecified atom stereocenters. The molecule has 1 fully saturated rings. The summed E-state index contributed by atoms with van der Waals surface area (Å²) in [5.74, 6) is 1.44. The third-order valence-electron chi connectivity index (χ3n) is 4.07. The zero-order valence-corrected chi connectivity index (χ0v) is 12.6. The van der Waals surface area contributed by atoms with E-state index < -0.39 is 0 Å². The molecule has 5 nitrogen and oxygen atoms in total. The van der Waals surface area contributed by atoms with E-state index in [1.807, 2.05) is 6.07 Å². The van der Waals surface area contributed by atoms with Gasteiger partial charge >= 0.3 is 0 Å². The molecule has 1 aliphatic rings. The summed E-state index contributed by atoms with van der Waals surface area (Å²) in [6, 6.07) is 3.64. The van der Waals surface area contributed by atoms with E-state index in [0.29, 0.717) is 25.3 Å². The van der Waals surface area contributed by atoms with E-state index >= 15 is 0 Å². The number of hydrogen-bond acceptors (Lipinski definition) is 4. The second kappa shape index (κ2) is 8.49. The molecule has 1 saturated carbocycles. The van der Waals surface area contributed by atoms with Gasteiger partial charge in [0.25, 0.3) is 0 Å². The molecule has 5 heteroatoms. The molecule has 2 rings (SSSR count). The number of anilines is 2. The SMILES string of the molecule is Nc1ccc(NCCNC(=O)CCC2CCCCC2)cn1. The van der Waals surface area contributed by atoms with Gasteiger partial charge in [-0.1, -0.05) is 32.1 Å². The van der Waals surface area contributed by atoms with Crippen LogP contribution < -0.4 is 16.4 Å². The van der Waals surface area contributed by atoms with E-state index in [1.54, 1.807) is 12.3 Å². The Bertz CT molecular complexity index is 426. The molecule has 1 aromatic heterocycles. The van der Waals surface area contributed by atoms with Gasteiger partial charge in [0.2, 0.25) is 5.91 Å². The molecule has 0 radical (unpaired) electrons. The maximum Gasteiger partial charge on any atom is 0.220 e. The Morgan fingerprint density at radius 1 is 1.24 bits per heavy atom. The molecule has 1 aromatic rings. The molecule has 0 atom stereocenters. The number of nitrogens with zero attached hydrogens (tertiary/aromatic N) is 1. The summed E-state index contributed by atoms with van der Waals surface area (Å²) in [4.78, 5) is 15.8. The van der Waals surface area contributed by atoms with Crippen LogP contribution >= 0.6 is 0 Å². The first kappa shape index (κ1) is 15.6. The molecule has 0 aromatic carbocycles. The topological polar surface area (TPSA) is 80.0 Å². The Morgan fingerprint density at radius 3 is 2.76 bits per heavy atom. The van der Waals surface area contributed by atoms with E-state index in [1.165, 1.54) is 32.1 Å². The molecular formula is C16H26N4O. The first-order valence-corrected chi connectivity index (χ1v) is 7.96. The average molecular weight is 290 g/mol. The predicted octanol–water partition coefficient (Wildman–Crippen LogP) is 2.55. The van der Waals surface area contributed by atoms with Crippen molar-refractivity contribution in [3.63, 3.8) is 0 Å². The molecule has 1 heterocycles. The number of aromatic nitrogens is 1. The predicted molar refractivity (Wildman–Crippen MR) is 86.0 cm³/mol. The summed E-state index contributed by atoms with van der Waals surface area (Å²) < 4.78 is 0. The van der Waals surface area contributed by atoms with Crippen molar-refractivity contribution < 1.29 is 4.79 Å². The largest absolute Gasteiger partial charge is 0.384 e. The minimum atomic E-state index is 0.165. The average Bonchev–Trinajstić information content (AvgIpc) is 2.52. The van der Waals surface area contributed by atoms with Gasteiger partial charge in [-0.05, 0) is 24.5 Å². The summed E-state index contributed by atoms with van der Waals surface area (Å²) in [5.41, 5.74) is 6.44. The lowest BCUT2D eigenvalue weighted by molar-refractivity contribution is -0.121. The molecule has 0 bridgehead atoms. The maximum atomic E-state index is 11.8. The second-order valence-electron chi connectivity index (χ2n) is 5.79. The fraction of sp³-hybridized carbons (Fsp3) is 0.625. The van der Waals surface area contributed by atoms with Gasteiger partial charge in [0.1, 0.15) is 5.82 Å². The summed E-state index contributed by atoms with van der Waals surface area (Å²) in [6.07, 6.45) is 10.1. The standard InChI is InChI=1S/C16H26N4O/c17-15-8-7-14(12-20-15)18-10-11-19-16(21)9-6-13-4-2-1-3-5-13/h7-8,12-13,18H,1-6,9-11H2,(H2,17,20)(H,19,21). The van der Waals surface area contributed by atoms with Gasteiger partial charge in [0, 0.05) is 19.5 Å². The Labute approximate surface area is 126 Å². The zero-order chi connectivity index (χ0) is 14.9. The van der Waals surface area contributed by atoms with Gasteiger partial charge in [0.05, 0.1) is 11.9 Å². The van der Waals surface area contributed by atoms with Crippen LogP contribution in [0.15, 0.2) is 18.3 Å². The summed E-state index contributed by atoms with van der Waals surface area (Å²) in [6.45, 7) is 1.33. The van der Waals surface area contributed by atoms with Crippen molar-refractivity contribution in [1.82, 2.24) is 10.3 Å². The van der Waals surface area contributed by atoms with E-state index in [9.17, 15) is 4.79 Å². The number of hydrogen-bond donors (Lipinski definition) is 3. The number of carbonyl (C=O) groups is 1. The molecule has 116 valence electrons. The van der Waals surface area contributed by atoms with Gasteiger partial charge in [-0.15, -0.1) is 0 Å². The van der Waals surface area contributed by atoms with Crippen molar-refractivity contribution in [3.05, 3.63) is 18.3 Å². The fourth-order valence-electron chi connectivity index (χ4n) is 2.82. The number of nitrogen functional groups attached to an aromatic ring is 1. The molecule has 1 aliphatic carbocycles. The number of pyridine rings is 1. The number of carbonyl (C=O) groups excluding carboxylic acids is 1. The Morgan fingerprint density at radius 2 is 2.05 bits per heavy atom. The maximum absolute atomic E-state index is 11.8. The van der Waals surface area contributed by atoms with Gasteiger partial charge in [-0.2, -0.15) is 0 Å². The van der Waals surface area contributed by atoms with Gasteiger partial charge < -0.3 is 16.4 Å². The Hall–Kier alpha value is -1.78. The lowest BCUT2D eigenvalue weighted by atomic mass is 9.86. The lowest BCUT2D eigenvalue weighted by Crippen LogP contribution is -2.29. The third kappa shape index (κ3) is 6.02. The molecule has 0 aliphatic heterocycles. The Kier molecular flexibility index (Phi) is 6.31. The highest BCUT2D eigenvalue weighted by Gasteiger charge is 2.14. The van der Waals surface area contributed by atoms with Crippen LogP contribution in [-0.4, -0.2) is 24.0 Å². The van der Waals surface area contributed by atoms with Crippen LogP contribution in [0.3, 0.4) is 0 Å². The third-order valence-corrected chi connectivity index (χ3v) is 4.07. The highest BCUT2D eigenvalue weighted by molar-refractivity contribution is 5.75. The van der Waals surface area contributed by atoms with Crippen LogP contribution in [0.5, 0.6) is 0 Å². The summed E-state index contributed by atoms with van der Waals surface area (Å²) in [7, 11) is 0. The molecule has 1 amide bonds. The first-order chi connectivity index (χ1) is 10.2. The Balaban J connectivity index is 1.53. The van der Waals surface area contributed by atoms with Crippen molar-refractivity contribution in [2.24, 2.45) is 5.92 Å². The van der Waals surface area contributed by atoms with Crippen molar-refractivity contribution in [2.75, 3.05) is 24.1 Å². The first-order valence-electron chi connectivity index (χ1n) is 7.96. The highest BCUT2D eigenvalue weighted by Crippen LogP contribution is 2.27. The smallest absolute Gasteiger partial charge is 0.220 e. The number of amides is 1. The normalized spacial score (nSPS) is 15.6. The van der Waals surface area contributed by atoms with E-state index in [0.717, 1.165) is 18.0 Å². The van der Waals surface area contributed by atoms with Crippen LogP contribution in [-0.2, 0) is 4.79 Å². The number of nitrogens with one attached hydrogen (secondary N) is 2. The molecule has 0 saturated heterocycles. The van der Waals surface area contributed by atoms with Crippen molar-refractivity contribution in [3.8, 4) is 0 Å². The van der Waals surface area contributed by atoms with Gasteiger partial charge in [-0.3, -0.25) is 4.79 Å². The van der Waals surface area contributed by atoms with Crippen molar-refractivity contribution in [1.29, 1.82) is 0 Å². The highest BCUT2D eigenvalue weighted by atomic mass is 16.1. The minimum Gasteiger partial charge on any atom is -0.384 e. The quantitative estimate of drug-likeness (QED) is 0.674. The summed E-state index contributed by atoms with van der Waals surface area (Å²) >= 11 is 0. The lowest BCUT2D eigenvalue weighted by Gasteiger charge is -2.21. The van der Waals surface area contributed by atoms with Crippen LogP contribution in [0.4, 0.5) is 11.5 Å². The van der Waals surface area contributed by atoms with E-state index in [4.69, 9.17) is 5.73 Å². The van der Waals surface area contributed by atoms with Crippen LogP contribution in [0.1, 0.15) is 44.9 Å².